The van der Waals surface area contributed by atoms with Gasteiger partial charge in [-0.25, -0.2) is 9.59 Å². The van der Waals surface area contributed by atoms with Crippen molar-refractivity contribution >= 4 is 34.8 Å². The summed E-state index contributed by atoms with van der Waals surface area (Å²) < 4.78 is 36.8. The fourth-order valence-corrected chi connectivity index (χ4v) is 3.19. The van der Waals surface area contributed by atoms with Crippen LogP contribution in [0, 0.1) is 0 Å². The minimum Gasteiger partial charge on any atom is -0.443 e. The summed E-state index contributed by atoms with van der Waals surface area (Å²) in [7, 11) is -4.39. The molecule has 2 amide bonds. The standard InChI is InChI=1S/C14H27N3O6S.ClH/c1-13(2,3)22-11(18)17(12(19)23-14(4,5)6)24(20,21)16-9-7-15-8-10-16;/h15H,7-10H2,1-6H3;1H. The smallest absolute Gasteiger partial charge is 0.435 e. The number of piperazine rings is 1. The molecule has 11 heteroatoms. The summed E-state index contributed by atoms with van der Waals surface area (Å²) >= 11 is 0. The molecule has 1 fully saturated rings. The van der Waals surface area contributed by atoms with E-state index in [-0.39, 0.29) is 29.8 Å². The summed E-state index contributed by atoms with van der Waals surface area (Å²) in [6.07, 6.45) is -2.56. The molecule has 25 heavy (non-hydrogen) atoms. The molecule has 0 aliphatic carbocycles. The van der Waals surface area contributed by atoms with Crippen LogP contribution in [0.25, 0.3) is 0 Å². The highest BCUT2D eigenvalue weighted by molar-refractivity contribution is 7.87. The fraction of sp³-hybridized carbons (Fsp3) is 0.857. The molecule has 0 saturated carbocycles. The van der Waals surface area contributed by atoms with Crippen molar-refractivity contribution in [2.75, 3.05) is 26.2 Å². The third kappa shape index (κ3) is 7.35. The monoisotopic (exact) mass is 401 g/mol. The van der Waals surface area contributed by atoms with Crippen molar-refractivity contribution in [1.82, 2.24) is 13.9 Å². The fourth-order valence-electron chi connectivity index (χ4n) is 1.86. The quantitative estimate of drug-likeness (QED) is 0.750. The first-order valence-corrected chi connectivity index (χ1v) is 9.11. The molecule has 0 atom stereocenters. The number of ether oxygens (including phenoxy) is 2. The maximum absolute atomic E-state index is 12.8. The highest BCUT2D eigenvalue weighted by atomic mass is 35.5. The van der Waals surface area contributed by atoms with Crippen molar-refractivity contribution in [1.29, 1.82) is 0 Å². The summed E-state index contributed by atoms with van der Waals surface area (Å²) in [5, 5.41) is 3.00. The lowest BCUT2D eigenvalue weighted by Crippen LogP contribution is -2.56. The molecule has 0 radical (unpaired) electrons. The number of rotatable bonds is 2. The van der Waals surface area contributed by atoms with Gasteiger partial charge >= 0.3 is 22.4 Å². The van der Waals surface area contributed by atoms with Crippen molar-refractivity contribution in [2.24, 2.45) is 0 Å². The third-order valence-electron chi connectivity index (χ3n) is 2.75. The highest BCUT2D eigenvalue weighted by Gasteiger charge is 2.43. The number of amides is 2. The molecule has 1 aliphatic rings. The lowest BCUT2D eigenvalue weighted by Gasteiger charge is -2.33. The number of imide groups is 1. The lowest BCUT2D eigenvalue weighted by molar-refractivity contribution is 0.0163. The zero-order valence-corrected chi connectivity index (χ0v) is 17.1. The number of hydrogen-bond acceptors (Lipinski definition) is 7. The maximum Gasteiger partial charge on any atom is 0.435 e. The highest BCUT2D eigenvalue weighted by Crippen LogP contribution is 2.19. The normalized spacial score (nSPS) is 16.6. The van der Waals surface area contributed by atoms with Gasteiger partial charge in [-0.3, -0.25) is 0 Å². The molecule has 0 unspecified atom stereocenters. The molecule has 1 heterocycles. The van der Waals surface area contributed by atoms with E-state index in [0.717, 1.165) is 4.31 Å². The zero-order chi connectivity index (χ0) is 18.8. The second kappa shape index (κ2) is 8.52. The van der Waals surface area contributed by atoms with Gasteiger partial charge in [-0.15, -0.1) is 12.4 Å². The van der Waals surface area contributed by atoms with E-state index in [9.17, 15) is 18.0 Å². The van der Waals surface area contributed by atoms with Gasteiger partial charge in [-0.05, 0) is 41.5 Å². The van der Waals surface area contributed by atoms with Crippen LogP contribution < -0.4 is 5.32 Å². The van der Waals surface area contributed by atoms with Crippen LogP contribution in [0.2, 0.25) is 0 Å². The van der Waals surface area contributed by atoms with E-state index in [0.29, 0.717) is 13.1 Å². The predicted octanol–water partition coefficient (Wildman–Crippen LogP) is 1.73. The van der Waals surface area contributed by atoms with Crippen LogP contribution in [0.1, 0.15) is 41.5 Å². The van der Waals surface area contributed by atoms with Gasteiger partial charge in [0.05, 0.1) is 0 Å². The molecule has 1 rings (SSSR count). The molecular weight excluding hydrogens is 374 g/mol. The Kier molecular flexibility index (Phi) is 8.15. The summed E-state index contributed by atoms with van der Waals surface area (Å²) in [4.78, 5) is 24.7. The van der Waals surface area contributed by atoms with E-state index in [1.807, 2.05) is 0 Å². The first-order chi connectivity index (χ1) is 10.7. The lowest BCUT2D eigenvalue weighted by atomic mass is 10.2. The van der Waals surface area contributed by atoms with Crippen molar-refractivity contribution in [2.45, 2.75) is 52.7 Å². The Morgan fingerprint density at radius 3 is 1.60 bits per heavy atom. The van der Waals surface area contributed by atoms with Crippen molar-refractivity contribution in [3.63, 3.8) is 0 Å². The van der Waals surface area contributed by atoms with Crippen LogP contribution in [0.3, 0.4) is 0 Å². The van der Waals surface area contributed by atoms with E-state index in [2.05, 4.69) is 5.32 Å². The second-order valence-electron chi connectivity index (χ2n) is 7.38. The molecule has 9 nitrogen and oxygen atoms in total. The van der Waals surface area contributed by atoms with Crippen LogP contribution >= 0.6 is 12.4 Å². The van der Waals surface area contributed by atoms with Crippen LogP contribution in [0.15, 0.2) is 0 Å². The molecule has 1 aliphatic heterocycles. The Morgan fingerprint density at radius 2 is 1.28 bits per heavy atom. The van der Waals surface area contributed by atoms with Gasteiger partial charge in [0.2, 0.25) is 0 Å². The van der Waals surface area contributed by atoms with Crippen LogP contribution in [-0.4, -0.2) is 66.6 Å². The molecular formula is C14H28ClN3O6S. The van der Waals surface area contributed by atoms with E-state index >= 15 is 0 Å². The number of carbonyl (C=O) groups is 2. The molecule has 1 saturated heterocycles. The Bertz CT molecular complexity index is 548. The molecule has 0 aromatic heterocycles. The number of nitrogens with one attached hydrogen (secondary N) is 1. The second-order valence-corrected chi connectivity index (χ2v) is 9.16. The average molecular weight is 402 g/mol. The topological polar surface area (TPSA) is 105 Å². The molecule has 0 aromatic rings. The third-order valence-corrected chi connectivity index (χ3v) is 4.53. The summed E-state index contributed by atoms with van der Waals surface area (Å²) in [5.41, 5.74) is -1.92. The molecule has 148 valence electrons. The van der Waals surface area contributed by atoms with E-state index in [1.165, 1.54) is 0 Å². The summed E-state index contributed by atoms with van der Waals surface area (Å²) in [6.45, 7) is 10.6. The van der Waals surface area contributed by atoms with E-state index in [4.69, 9.17) is 9.47 Å². The van der Waals surface area contributed by atoms with Crippen LogP contribution in [-0.2, 0) is 19.7 Å². The van der Waals surface area contributed by atoms with Crippen molar-refractivity contribution in [3.8, 4) is 0 Å². The molecule has 0 spiro atoms. The molecule has 0 bridgehead atoms. The van der Waals surface area contributed by atoms with Gasteiger partial charge in [0.1, 0.15) is 11.2 Å². The average Bonchev–Trinajstić information content (AvgIpc) is 2.34. The van der Waals surface area contributed by atoms with Gasteiger partial charge < -0.3 is 14.8 Å². The summed E-state index contributed by atoms with van der Waals surface area (Å²) in [6, 6.07) is 0. The maximum atomic E-state index is 12.8. The molecule has 1 N–H and O–H groups in total. The zero-order valence-electron chi connectivity index (χ0n) is 15.5. The largest absolute Gasteiger partial charge is 0.443 e. The van der Waals surface area contributed by atoms with Gasteiger partial charge in [0.15, 0.2) is 0 Å². The predicted molar refractivity (Wildman–Crippen MR) is 94.9 cm³/mol. The number of carbonyl (C=O) groups excluding carboxylic acids is 2. The van der Waals surface area contributed by atoms with Crippen LogP contribution in [0.4, 0.5) is 9.59 Å². The molecule has 0 aromatic carbocycles. The Labute approximate surface area is 155 Å². The Morgan fingerprint density at radius 1 is 0.920 bits per heavy atom. The number of hydrogen-bond donors (Lipinski definition) is 1. The Hall–Kier alpha value is -1.10. The van der Waals surface area contributed by atoms with Gasteiger partial charge in [0, 0.05) is 26.2 Å². The summed E-state index contributed by atoms with van der Waals surface area (Å²) in [5.74, 6) is 0. The van der Waals surface area contributed by atoms with E-state index < -0.39 is 33.6 Å². The SMILES string of the molecule is CC(C)(C)OC(=O)N(C(=O)OC(C)(C)C)S(=O)(=O)N1CCNCC1.Cl. The number of nitrogens with zero attached hydrogens (tertiary/aromatic N) is 2. The van der Waals surface area contributed by atoms with Gasteiger partial charge in [-0.1, -0.05) is 4.31 Å². The van der Waals surface area contributed by atoms with Gasteiger partial charge in [-0.2, -0.15) is 12.7 Å². The Balaban J connectivity index is 0.00000576. The minimum absolute atomic E-state index is 0. The van der Waals surface area contributed by atoms with E-state index in [1.54, 1.807) is 41.5 Å². The van der Waals surface area contributed by atoms with Crippen LogP contribution in [0.5, 0.6) is 0 Å². The van der Waals surface area contributed by atoms with Crippen molar-refractivity contribution in [3.05, 3.63) is 0 Å². The van der Waals surface area contributed by atoms with Crippen molar-refractivity contribution < 1.29 is 27.5 Å². The first-order valence-electron chi connectivity index (χ1n) is 7.71. The first kappa shape index (κ1) is 23.9. The van der Waals surface area contributed by atoms with Gasteiger partial charge in [0.25, 0.3) is 0 Å². The minimum atomic E-state index is -4.39. The number of halogens is 1.